The van der Waals surface area contributed by atoms with Crippen LogP contribution in [0.15, 0.2) is 60.8 Å². The number of nitrogens with one attached hydrogen (secondary N) is 2. The Morgan fingerprint density at radius 1 is 0.962 bits per heavy atom. The zero-order valence-electron chi connectivity index (χ0n) is 13.8. The second-order valence-corrected chi connectivity index (χ2v) is 6.27. The van der Waals surface area contributed by atoms with Crippen LogP contribution in [0.2, 0.25) is 10.0 Å². The van der Waals surface area contributed by atoms with Crippen LogP contribution in [-0.4, -0.2) is 18.0 Å². The van der Waals surface area contributed by atoms with Crippen molar-refractivity contribution in [1.29, 1.82) is 0 Å². The molecule has 0 aliphatic heterocycles. The minimum absolute atomic E-state index is 0.288. The van der Waals surface area contributed by atoms with E-state index in [9.17, 15) is 4.79 Å². The van der Waals surface area contributed by atoms with Gasteiger partial charge < -0.3 is 15.4 Å². The maximum atomic E-state index is 12.5. The molecule has 0 atom stereocenters. The summed E-state index contributed by atoms with van der Waals surface area (Å²) < 4.78 is 5.13. The number of hydrogen-bond donors (Lipinski definition) is 2. The lowest BCUT2D eigenvalue weighted by Crippen LogP contribution is -2.12. The Kier molecular flexibility index (Phi) is 5.61. The van der Waals surface area contributed by atoms with E-state index in [-0.39, 0.29) is 5.91 Å². The van der Waals surface area contributed by atoms with Crippen LogP contribution in [-0.2, 0) is 0 Å². The quantitative estimate of drug-likeness (QED) is 0.615. The van der Waals surface area contributed by atoms with Crippen LogP contribution in [0.4, 0.5) is 17.2 Å². The molecule has 0 fully saturated rings. The Morgan fingerprint density at radius 2 is 1.65 bits per heavy atom. The molecule has 0 saturated carbocycles. The van der Waals surface area contributed by atoms with Crippen molar-refractivity contribution in [2.24, 2.45) is 0 Å². The average Bonchev–Trinajstić information content (AvgIpc) is 2.62. The lowest BCUT2D eigenvalue weighted by Gasteiger charge is -2.09. The van der Waals surface area contributed by atoms with E-state index in [1.807, 2.05) is 24.3 Å². The van der Waals surface area contributed by atoms with Gasteiger partial charge in [-0.2, -0.15) is 0 Å². The standard InChI is InChI=1S/C19H15Cl2N3O2/c1-26-17-4-2-15(3-5-17)23-18-8-12(6-7-22-18)19(25)24-16-10-13(20)9-14(21)11-16/h2-11H,1H3,(H,22,23)(H,24,25). The van der Waals surface area contributed by atoms with Crippen molar-refractivity contribution in [1.82, 2.24) is 4.98 Å². The molecule has 0 bridgehead atoms. The fourth-order valence-corrected chi connectivity index (χ4v) is 2.82. The molecule has 1 amide bonds. The van der Waals surface area contributed by atoms with Crippen LogP contribution in [0.5, 0.6) is 5.75 Å². The van der Waals surface area contributed by atoms with E-state index in [0.717, 1.165) is 11.4 Å². The molecule has 0 saturated heterocycles. The second kappa shape index (κ2) is 8.08. The summed E-state index contributed by atoms with van der Waals surface area (Å²) in [7, 11) is 1.61. The molecule has 0 radical (unpaired) electrons. The van der Waals surface area contributed by atoms with Gasteiger partial charge in [-0.25, -0.2) is 4.98 Å². The number of carbonyl (C=O) groups is 1. The van der Waals surface area contributed by atoms with E-state index >= 15 is 0 Å². The first kappa shape index (κ1) is 18.0. The monoisotopic (exact) mass is 387 g/mol. The number of nitrogens with zero attached hydrogens (tertiary/aromatic N) is 1. The second-order valence-electron chi connectivity index (χ2n) is 5.40. The predicted octanol–water partition coefficient (Wildman–Crippen LogP) is 5.39. The summed E-state index contributed by atoms with van der Waals surface area (Å²) in [5, 5.41) is 6.81. The number of benzene rings is 2. The molecule has 3 aromatic rings. The number of rotatable bonds is 5. The largest absolute Gasteiger partial charge is 0.497 e. The molecule has 2 aromatic carbocycles. The number of carbonyl (C=O) groups excluding carboxylic acids is 1. The summed E-state index contributed by atoms with van der Waals surface area (Å²) in [5.41, 5.74) is 1.80. The first-order valence-electron chi connectivity index (χ1n) is 7.68. The molecule has 0 aliphatic rings. The van der Waals surface area contributed by atoms with Crippen LogP contribution < -0.4 is 15.4 Å². The van der Waals surface area contributed by atoms with Gasteiger partial charge in [0.1, 0.15) is 11.6 Å². The highest BCUT2D eigenvalue weighted by Gasteiger charge is 2.09. The Hall–Kier alpha value is -2.76. The van der Waals surface area contributed by atoms with E-state index in [2.05, 4.69) is 15.6 Å². The zero-order valence-corrected chi connectivity index (χ0v) is 15.3. The lowest BCUT2D eigenvalue weighted by atomic mass is 10.2. The molecule has 7 heteroatoms. The molecular weight excluding hydrogens is 373 g/mol. The predicted molar refractivity (Wildman–Crippen MR) is 105 cm³/mol. The van der Waals surface area contributed by atoms with Gasteiger partial charge in [0.05, 0.1) is 7.11 Å². The van der Waals surface area contributed by atoms with Crippen molar-refractivity contribution in [3.05, 3.63) is 76.4 Å². The lowest BCUT2D eigenvalue weighted by molar-refractivity contribution is 0.102. The molecule has 132 valence electrons. The van der Waals surface area contributed by atoms with Crippen molar-refractivity contribution in [3.63, 3.8) is 0 Å². The number of aromatic nitrogens is 1. The number of halogens is 2. The summed E-state index contributed by atoms with van der Waals surface area (Å²) in [6.45, 7) is 0. The highest BCUT2D eigenvalue weighted by atomic mass is 35.5. The number of amides is 1. The van der Waals surface area contributed by atoms with Gasteiger partial charge in [0, 0.05) is 33.2 Å². The van der Waals surface area contributed by atoms with Gasteiger partial charge in [-0.15, -0.1) is 0 Å². The van der Waals surface area contributed by atoms with Crippen molar-refractivity contribution in [2.45, 2.75) is 0 Å². The molecule has 0 spiro atoms. The molecule has 26 heavy (non-hydrogen) atoms. The summed E-state index contributed by atoms with van der Waals surface area (Å²) in [6.07, 6.45) is 1.56. The molecule has 1 heterocycles. The van der Waals surface area contributed by atoms with Crippen molar-refractivity contribution < 1.29 is 9.53 Å². The van der Waals surface area contributed by atoms with Crippen LogP contribution >= 0.6 is 23.2 Å². The topological polar surface area (TPSA) is 63.2 Å². The van der Waals surface area contributed by atoms with Crippen molar-refractivity contribution in [2.75, 3.05) is 17.7 Å². The van der Waals surface area contributed by atoms with Gasteiger partial charge in [-0.05, 0) is 54.6 Å². The smallest absolute Gasteiger partial charge is 0.255 e. The molecule has 2 N–H and O–H groups in total. The Bertz CT molecular complexity index is 910. The van der Waals surface area contributed by atoms with Gasteiger partial charge in [0.15, 0.2) is 0 Å². The first-order chi connectivity index (χ1) is 12.5. The van der Waals surface area contributed by atoms with E-state index in [1.54, 1.807) is 43.6 Å². The number of anilines is 3. The highest BCUT2D eigenvalue weighted by Crippen LogP contribution is 2.23. The zero-order chi connectivity index (χ0) is 18.5. The van der Waals surface area contributed by atoms with Crippen molar-refractivity contribution >= 4 is 46.3 Å². The van der Waals surface area contributed by atoms with Crippen LogP contribution in [0.3, 0.4) is 0 Å². The summed E-state index contributed by atoms with van der Waals surface area (Å²) in [6, 6.07) is 15.5. The number of methoxy groups -OCH3 is 1. The van der Waals surface area contributed by atoms with Gasteiger partial charge in [0.25, 0.3) is 5.91 Å². The fraction of sp³-hybridized carbons (Fsp3) is 0.0526. The molecule has 3 rings (SSSR count). The molecular formula is C19H15Cl2N3O2. The van der Waals surface area contributed by atoms with Gasteiger partial charge in [0.2, 0.25) is 0 Å². The van der Waals surface area contributed by atoms with Crippen LogP contribution in [0, 0.1) is 0 Å². The third-order valence-corrected chi connectivity index (χ3v) is 3.94. The molecule has 0 unspecified atom stereocenters. The van der Waals surface area contributed by atoms with Crippen LogP contribution in [0.1, 0.15) is 10.4 Å². The Labute approximate surface area is 160 Å². The van der Waals surface area contributed by atoms with E-state index < -0.39 is 0 Å². The van der Waals surface area contributed by atoms with Gasteiger partial charge >= 0.3 is 0 Å². The molecule has 1 aromatic heterocycles. The minimum atomic E-state index is -0.288. The number of pyridine rings is 1. The third-order valence-electron chi connectivity index (χ3n) is 3.50. The number of ether oxygens (including phenoxy) is 1. The van der Waals surface area contributed by atoms with Gasteiger partial charge in [-0.3, -0.25) is 4.79 Å². The summed E-state index contributed by atoms with van der Waals surface area (Å²) in [4.78, 5) is 16.7. The van der Waals surface area contributed by atoms with Crippen molar-refractivity contribution in [3.8, 4) is 5.75 Å². The first-order valence-corrected chi connectivity index (χ1v) is 8.43. The molecule has 5 nitrogen and oxygen atoms in total. The van der Waals surface area contributed by atoms with E-state index in [0.29, 0.717) is 27.1 Å². The van der Waals surface area contributed by atoms with E-state index in [4.69, 9.17) is 27.9 Å². The number of hydrogen-bond acceptors (Lipinski definition) is 4. The fourth-order valence-electron chi connectivity index (χ4n) is 2.29. The van der Waals surface area contributed by atoms with Crippen LogP contribution in [0.25, 0.3) is 0 Å². The summed E-state index contributed by atoms with van der Waals surface area (Å²) >= 11 is 11.9. The maximum Gasteiger partial charge on any atom is 0.255 e. The van der Waals surface area contributed by atoms with E-state index in [1.165, 1.54) is 0 Å². The third kappa shape index (κ3) is 4.65. The minimum Gasteiger partial charge on any atom is -0.497 e. The Balaban J connectivity index is 1.74. The average molecular weight is 388 g/mol. The SMILES string of the molecule is COc1ccc(Nc2cc(C(=O)Nc3cc(Cl)cc(Cl)c3)ccn2)cc1. The normalized spacial score (nSPS) is 10.3. The Morgan fingerprint density at radius 3 is 2.31 bits per heavy atom. The molecule has 0 aliphatic carbocycles. The highest BCUT2D eigenvalue weighted by molar-refractivity contribution is 6.35. The summed E-state index contributed by atoms with van der Waals surface area (Å²) in [5.74, 6) is 1.02. The maximum absolute atomic E-state index is 12.5. The van der Waals surface area contributed by atoms with Gasteiger partial charge in [-0.1, -0.05) is 23.2 Å².